The molecule has 84 valence electrons. The number of alkyl halides is 1. The number of amides is 3. The van der Waals surface area contributed by atoms with Gasteiger partial charge in [0.25, 0.3) is 0 Å². The lowest BCUT2D eigenvalue weighted by Gasteiger charge is -2.36. The van der Waals surface area contributed by atoms with Gasteiger partial charge in [-0.15, -0.1) is 0 Å². The molecule has 1 N–H and O–H groups in total. The predicted molar refractivity (Wildman–Crippen MR) is 58.9 cm³/mol. The largest absolute Gasteiger partial charge is 0.338 e. The Hall–Kier alpha value is -0.780. The number of hydrogen-bond acceptors (Lipinski definition) is 2. The van der Waals surface area contributed by atoms with Crippen LogP contribution < -0.4 is 5.32 Å². The first-order chi connectivity index (χ1) is 7.09. The van der Waals surface area contributed by atoms with E-state index in [0.717, 1.165) is 0 Å². The fraction of sp³-hybridized carbons (Fsp3) is 0.778. The first-order valence-electron chi connectivity index (χ1n) is 5.07. The van der Waals surface area contributed by atoms with Crippen molar-refractivity contribution in [3.63, 3.8) is 0 Å². The van der Waals surface area contributed by atoms with Gasteiger partial charge in [0, 0.05) is 26.2 Å². The Bertz CT molecular complexity index is 295. The zero-order valence-corrected chi connectivity index (χ0v) is 10.2. The lowest BCUT2D eigenvalue weighted by molar-refractivity contribution is -0.132. The highest BCUT2D eigenvalue weighted by atomic mass is 79.9. The van der Waals surface area contributed by atoms with E-state index in [2.05, 4.69) is 21.2 Å². The van der Waals surface area contributed by atoms with E-state index in [1.165, 1.54) is 0 Å². The molecule has 6 heteroatoms. The molecular weight excluding hydrogens is 262 g/mol. The van der Waals surface area contributed by atoms with Crippen LogP contribution in [0, 0.1) is 0 Å². The molecule has 3 amide bonds. The number of urea groups is 1. The normalized spacial score (nSPS) is 27.3. The molecule has 5 nitrogen and oxygen atoms in total. The van der Waals surface area contributed by atoms with Gasteiger partial charge in [-0.05, 0) is 6.92 Å². The van der Waals surface area contributed by atoms with E-state index < -0.39 is 0 Å². The van der Waals surface area contributed by atoms with E-state index in [-0.39, 0.29) is 22.8 Å². The number of hydrogen-bond donors (Lipinski definition) is 1. The van der Waals surface area contributed by atoms with E-state index in [1.807, 2.05) is 16.7 Å². The molecule has 0 aromatic rings. The van der Waals surface area contributed by atoms with Gasteiger partial charge in [-0.25, -0.2) is 4.79 Å². The topological polar surface area (TPSA) is 52.7 Å². The van der Waals surface area contributed by atoms with E-state index in [4.69, 9.17) is 0 Å². The Labute approximate surface area is 96.9 Å². The molecule has 0 bridgehead atoms. The van der Waals surface area contributed by atoms with E-state index >= 15 is 0 Å². The maximum Gasteiger partial charge on any atom is 0.317 e. The summed E-state index contributed by atoms with van der Waals surface area (Å²) in [4.78, 5) is 26.5. The summed E-state index contributed by atoms with van der Waals surface area (Å²) in [5.74, 6) is 0.106. The third-order valence-corrected chi connectivity index (χ3v) is 3.28. The van der Waals surface area contributed by atoms with Gasteiger partial charge in [-0.2, -0.15) is 0 Å². The number of halogens is 1. The van der Waals surface area contributed by atoms with E-state index in [1.54, 1.807) is 0 Å². The maximum absolute atomic E-state index is 11.7. The van der Waals surface area contributed by atoms with Crippen molar-refractivity contribution < 1.29 is 9.59 Å². The summed E-state index contributed by atoms with van der Waals surface area (Å²) in [5, 5.41) is 2.79. The molecule has 0 aromatic heterocycles. The molecule has 2 atom stereocenters. The van der Waals surface area contributed by atoms with Crippen molar-refractivity contribution in [2.24, 2.45) is 0 Å². The second-order valence-corrected chi connectivity index (χ2v) is 5.31. The van der Waals surface area contributed by atoms with Crippen LogP contribution in [-0.2, 0) is 4.79 Å². The lowest BCUT2D eigenvalue weighted by atomic mass is 10.2. The number of nitrogens with zero attached hydrogens (tertiary/aromatic N) is 2. The molecule has 15 heavy (non-hydrogen) atoms. The molecule has 0 radical (unpaired) electrons. The summed E-state index contributed by atoms with van der Waals surface area (Å²) >= 11 is 3.27. The first-order valence-corrected chi connectivity index (χ1v) is 5.98. The minimum atomic E-state index is -0.144. The summed E-state index contributed by atoms with van der Waals surface area (Å²) in [6.07, 6.45) is 0. The zero-order valence-electron chi connectivity index (χ0n) is 8.57. The summed E-state index contributed by atoms with van der Waals surface area (Å²) in [6.45, 7) is 4.40. The van der Waals surface area contributed by atoms with Gasteiger partial charge in [0.1, 0.15) is 0 Å². The molecule has 0 aliphatic carbocycles. The van der Waals surface area contributed by atoms with Crippen molar-refractivity contribution in [1.29, 1.82) is 0 Å². The Balaban J connectivity index is 1.99. The smallest absolute Gasteiger partial charge is 0.317 e. The van der Waals surface area contributed by atoms with Gasteiger partial charge in [-0.1, -0.05) is 15.9 Å². The van der Waals surface area contributed by atoms with Crippen molar-refractivity contribution in [2.45, 2.75) is 17.8 Å². The second kappa shape index (κ2) is 4.00. The fourth-order valence-electron chi connectivity index (χ4n) is 2.06. The van der Waals surface area contributed by atoms with Crippen molar-refractivity contribution in [2.75, 3.05) is 26.2 Å². The second-order valence-electron chi connectivity index (χ2n) is 3.93. The highest BCUT2D eigenvalue weighted by Crippen LogP contribution is 2.16. The SMILES string of the molecule is CC(Br)C(=O)N1CCN2C(=O)NCC2C1. The van der Waals surface area contributed by atoms with Crippen LogP contribution >= 0.6 is 15.9 Å². The number of carbonyl (C=O) groups excluding carboxylic acids is 2. The zero-order chi connectivity index (χ0) is 11.0. The summed E-state index contributed by atoms with van der Waals surface area (Å²) in [7, 11) is 0. The predicted octanol–water partition coefficient (Wildman–Crippen LogP) is 0.00580. The number of rotatable bonds is 1. The van der Waals surface area contributed by atoms with E-state index in [0.29, 0.717) is 26.2 Å². The molecular formula is C9H14BrN3O2. The average molecular weight is 276 g/mol. The van der Waals surface area contributed by atoms with Gasteiger partial charge in [0.05, 0.1) is 10.9 Å². The van der Waals surface area contributed by atoms with Gasteiger partial charge in [0.15, 0.2) is 0 Å². The molecule has 2 saturated heterocycles. The third-order valence-electron chi connectivity index (χ3n) is 2.88. The van der Waals surface area contributed by atoms with Gasteiger partial charge in [-0.3, -0.25) is 4.79 Å². The fourth-order valence-corrected chi connectivity index (χ4v) is 2.35. The molecule has 2 rings (SSSR count). The number of carbonyl (C=O) groups is 2. The number of fused-ring (bicyclic) bond motifs is 1. The van der Waals surface area contributed by atoms with Crippen LogP contribution in [0.1, 0.15) is 6.92 Å². The van der Waals surface area contributed by atoms with E-state index in [9.17, 15) is 9.59 Å². The number of piperazine rings is 1. The van der Waals surface area contributed by atoms with Gasteiger partial charge in [0.2, 0.25) is 5.91 Å². The monoisotopic (exact) mass is 275 g/mol. The van der Waals surface area contributed by atoms with Crippen LogP contribution in [-0.4, -0.2) is 58.8 Å². The Morgan fingerprint density at radius 1 is 1.60 bits per heavy atom. The molecule has 2 aliphatic rings. The highest BCUT2D eigenvalue weighted by molar-refractivity contribution is 9.10. The highest BCUT2D eigenvalue weighted by Gasteiger charge is 2.37. The molecule has 2 aliphatic heterocycles. The van der Waals surface area contributed by atoms with Crippen LogP contribution in [0.5, 0.6) is 0 Å². The molecule has 0 saturated carbocycles. The molecule has 0 aromatic carbocycles. The first kappa shape index (κ1) is 10.7. The van der Waals surface area contributed by atoms with Crippen molar-refractivity contribution in [3.05, 3.63) is 0 Å². The maximum atomic E-state index is 11.7. The van der Waals surface area contributed by atoms with Crippen LogP contribution in [0.15, 0.2) is 0 Å². The summed E-state index contributed by atoms with van der Waals surface area (Å²) in [5.41, 5.74) is 0. The Kier molecular flexibility index (Phi) is 2.86. The minimum Gasteiger partial charge on any atom is -0.338 e. The summed E-state index contributed by atoms with van der Waals surface area (Å²) < 4.78 is 0. The Morgan fingerprint density at radius 2 is 2.33 bits per heavy atom. The van der Waals surface area contributed by atoms with Crippen LogP contribution in [0.3, 0.4) is 0 Å². The quantitative estimate of drug-likeness (QED) is 0.686. The van der Waals surface area contributed by atoms with Crippen LogP contribution in [0.2, 0.25) is 0 Å². The minimum absolute atomic E-state index is 0.000935. The number of nitrogens with one attached hydrogen (secondary N) is 1. The molecule has 2 fully saturated rings. The van der Waals surface area contributed by atoms with Gasteiger partial charge < -0.3 is 15.1 Å². The summed E-state index contributed by atoms with van der Waals surface area (Å²) in [6, 6.07) is 0.153. The van der Waals surface area contributed by atoms with Gasteiger partial charge >= 0.3 is 6.03 Å². The molecule has 2 heterocycles. The van der Waals surface area contributed by atoms with Crippen molar-refractivity contribution >= 4 is 27.9 Å². The van der Waals surface area contributed by atoms with Crippen molar-refractivity contribution in [1.82, 2.24) is 15.1 Å². The lowest BCUT2D eigenvalue weighted by Crippen LogP contribution is -2.54. The van der Waals surface area contributed by atoms with Crippen LogP contribution in [0.25, 0.3) is 0 Å². The third kappa shape index (κ3) is 1.95. The Morgan fingerprint density at radius 3 is 3.00 bits per heavy atom. The van der Waals surface area contributed by atoms with Crippen molar-refractivity contribution in [3.8, 4) is 0 Å². The standard InChI is InChI=1S/C9H14BrN3O2/c1-6(10)8(14)12-2-3-13-7(5-12)4-11-9(13)15/h6-7H,2-5H2,1H3,(H,11,15). The van der Waals surface area contributed by atoms with Crippen LogP contribution in [0.4, 0.5) is 4.79 Å². The average Bonchev–Trinajstić information content (AvgIpc) is 2.59. The molecule has 0 spiro atoms. The molecule has 2 unspecified atom stereocenters.